The van der Waals surface area contributed by atoms with Gasteiger partial charge in [-0.15, -0.1) is 0 Å². The highest BCUT2D eigenvalue weighted by Gasteiger charge is 2.24. The van der Waals surface area contributed by atoms with Gasteiger partial charge in [0, 0.05) is 44.0 Å². The second-order valence-electron chi connectivity index (χ2n) is 6.67. The van der Waals surface area contributed by atoms with Crippen molar-refractivity contribution in [3.63, 3.8) is 0 Å². The molecular formula is C18H27N3O. The third-order valence-electron chi connectivity index (χ3n) is 5.06. The lowest BCUT2D eigenvalue weighted by atomic mass is 9.86. The zero-order valence-corrected chi connectivity index (χ0v) is 13.3. The van der Waals surface area contributed by atoms with E-state index in [0.29, 0.717) is 11.8 Å². The van der Waals surface area contributed by atoms with Crippen LogP contribution in [0.15, 0.2) is 24.3 Å². The second kappa shape index (κ2) is 7.03. The second-order valence-corrected chi connectivity index (χ2v) is 6.67. The Morgan fingerprint density at radius 1 is 1.09 bits per heavy atom. The van der Waals surface area contributed by atoms with Gasteiger partial charge in [-0.3, -0.25) is 4.79 Å². The normalized spacial score (nSPS) is 20.2. The average molecular weight is 301 g/mol. The first kappa shape index (κ1) is 15.2. The number of benzene rings is 1. The van der Waals surface area contributed by atoms with Gasteiger partial charge in [0.05, 0.1) is 0 Å². The lowest BCUT2D eigenvalue weighted by molar-refractivity contribution is -0.132. The van der Waals surface area contributed by atoms with Crippen LogP contribution in [0.5, 0.6) is 0 Å². The zero-order chi connectivity index (χ0) is 15.4. The van der Waals surface area contributed by atoms with Gasteiger partial charge in [0.15, 0.2) is 0 Å². The number of amides is 1. The fourth-order valence-electron chi connectivity index (χ4n) is 3.70. The first-order valence-electron chi connectivity index (χ1n) is 8.60. The molecular weight excluding hydrogens is 274 g/mol. The Morgan fingerprint density at radius 3 is 2.50 bits per heavy atom. The van der Waals surface area contributed by atoms with Crippen LogP contribution in [0.1, 0.15) is 38.5 Å². The van der Waals surface area contributed by atoms with Crippen LogP contribution in [0.25, 0.3) is 0 Å². The number of nitrogen functional groups attached to an aromatic ring is 1. The van der Waals surface area contributed by atoms with Crippen molar-refractivity contribution in [1.82, 2.24) is 4.90 Å². The summed E-state index contributed by atoms with van der Waals surface area (Å²) in [6.07, 6.45) is 7.22. The number of hydrogen-bond donors (Lipinski definition) is 1. The molecule has 1 amide bonds. The Hall–Kier alpha value is -1.71. The van der Waals surface area contributed by atoms with Crippen molar-refractivity contribution in [2.75, 3.05) is 36.8 Å². The van der Waals surface area contributed by atoms with Crippen molar-refractivity contribution >= 4 is 17.3 Å². The Balaban J connectivity index is 1.49. The predicted octanol–water partition coefficient (Wildman–Crippen LogP) is 2.89. The maximum absolute atomic E-state index is 12.5. The number of carbonyl (C=O) groups is 1. The number of piperazine rings is 1. The molecule has 1 aromatic carbocycles. The minimum atomic E-state index is 0.360. The van der Waals surface area contributed by atoms with Gasteiger partial charge in [-0.05, 0) is 37.0 Å². The standard InChI is InChI=1S/C18H27N3O/c19-16-7-4-8-17(14-16)20-9-11-21(12-10-20)18(22)13-15-5-2-1-3-6-15/h4,7-8,14-15H,1-3,5-6,9-13,19H2. The Bertz CT molecular complexity index is 503. The molecule has 4 nitrogen and oxygen atoms in total. The number of nitrogens with two attached hydrogens (primary N) is 1. The number of anilines is 2. The Morgan fingerprint density at radius 2 is 1.82 bits per heavy atom. The topological polar surface area (TPSA) is 49.6 Å². The van der Waals surface area contributed by atoms with Crippen LogP contribution in [0.4, 0.5) is 11.4 Å². The van der Waals surface area contributed by atoms with Crippen LogP contribution in [0, 0.1) is 5.92 Å². The molecule has 1 heterocycles. The maximum atomic E-state index is 12.5. The van der Waals surface area contributed by atoms with Gasteiger partial charge >= 0.3 is 0 Å². The fourth-order valence-corrected chi connectivity index (χ4v) is 3.70. The predicted molar refractivity (Wildman–Crippen MR) is 90.8 cm³/mol. The maximum Gasteiger partial charge on any atom is 0.222 e. The van der Waals surface area contributed by atoms with Crippen molar-refractivity contribution in [3.05, 3.63) is 24.3 Å². The number of nitrogens with zero attached hydrogens (tertiary/aromatic N) is 2. The van der Waals surface area contributed by atoms with Crippen molar-refractivity contribution in [2.45, 2.75) is 38.5 Å². The minimum Gasteiger partial charge on any atom is -0.399 e. The average Bonchev–Trinajstić information content (AvgIpc) is 2.56. The zero-order valence-electron chi connectivity index (χ0n) is 13.3. The van der Waals surface area contributed by atoms with Gasteiger partial charge in [-0.2, -0.15) is 0 Å². The highest BCUT2D eigenvalue weighted by Crippen LogP contribution is 2.27. The molecule has 120 valence electrons. The van der Waals surface area contributed by atoms with Gasteiger partial charge in [0.25, 0.3) is 0 Å². The van der Waals surface area contributed by atoms with E-state index >= 15 is 0 Å². The van der Waals surface area contributed by atoms with Crippen molar-refractivity contribution < 1.29 is 4.79 Å². The summed E-state index contributed by atoms with van der Waals surface area (Å²) in [5, 5.41) is 0. The van der Waals surface area contributed by atoms with E-state index in [1.165, 1.54) is 37.8 Å². The summed E-state index contributed by atoms with van der Waals surface area (Å²) in [7, 11) is 0. The van der Waals surface area contributed by atoms with E-state index in [9.17, 15) is 4.79 Å². The third kappa shape index (κ3) is 3.73. The molecule has 1 aliphatic carbocycles. The van der Waals surface area contributed by atoms with Crippen LogP contribution in [0.3, 0.4) is 0 Å². The Labute approximate surface area is 133 Å². The first-order valence-corrected chi connectivity index (χ1v) is 8.60. The lowest BCUT2D eigenvalue weighted by Crippen LogP contribution is -2.49. The molecule has 0 bridgehead atoms. The molecule has 0 atom stereocenters. The van der Waals surface area contributed by atoms with E-state index < -0.39 is 0 Å². The SMILES string of the molecule is Nc1cccc(N2CCN(C(=O)CC3CCCCC3)CC2)c1. The molecule has 0 aromatic heterocycles. The molecule has 4 heteroatoms. The summed E-state index contributed by atoms with van der Waals surface area (Å²) in [6, 6.07) is 8.01. The van der Waals surface area contributed by atoms with Gasteiger partial charge in [-0.1, -0.05) is 25.3 Å². The smallest absolute Gasteiger partial charge is 0.222 e. The summed E-state index contributed by atoms with van der Waals surface area (Å²) in [6.45, 7) is 3.47. The highest BCUT2D eigenvalue weighted by atomic mass is 16.2. The summed E-state index contributed by atoms with van der Waals surface area (Å²) >= 11 is 0. The van der Waals surface area contributed by atoms with E-state index in [1.54, 1.807) is 0 Å². The fraction of sp³-hybridized carbons (Fsp3) is 0.611. The van der Waals surface area contributed by atoms with Crippen molar-refractivity contribution in [1.29, 1.82) is 0 Å². The number of rotatable bonds is 3. The monoisotopic (exact) mass is 301 g/mol. The minimum absolute atomic E-state index is 0.360. The van der Waals surface area contributed by atoms with Gasteiger partial charge in [0.2, 0.25) is 5.91 Å². The van der Waals surface area contributed by atoms with E-state index in [2.05, 4.69) is 15.9 Å². The summed E-state index contributed by atoms with van der Waals surface area (Å²) in [5.41, 5.74) is 7.82. The molecule has 1 saturated carbocycles. The molecule has 1 aliphatic heterocycles. The molecule has 22 heavy (non-hydrogen) atoms. The number of carbonyl (C=O) groups excluding carboxylic acids is 1. The molecule has 0 radical (unpaired) electrons. The van der Waals surface area contributed by atoms with E-state index in [-0.39, 0.29) is 0 Å². The molecule has 2 aliphatic rings. The highest BCUT2D eigenvalue weighted by molar-refractivity contribution is 5.76. The molecule has 0 unspecified atom stereocenters. The molecule has 3 rings (SSSR count). The van der Waals surface area contributed by atoms with E-state index in [1.807, 2.05) is 18.2 Å². The van der Waals surface area contributed by atoms with Crippen LogP contribution in [-0.2, 0) is 4.79 Å². The van der Waals surface area contributed by atoms with Crippen LogP contribution in [0.2, 0.25) is 0 Å². The quantitative estimate of drug-likeness (QED) is 0.873. The molecule has 1 saturated heterocycles. The largest absolute Gasteiger partial charge is 0.399 e. The molecule has 2 fully saturated rings. The summed E-state index contributed by atoms with van der Waals surface area (Å²) < 4.78 is 0. The van der Waals surface area contributed by atoms with Crippen LogP contribution in [-0.4, -0.2) is 37.0 Å². The molecule has 2 N–H and O–H groups in total. The van der Waals surface area contributed by atoms with Gasteiger partial charge in [0.1, 0.15) is 0 Å². The van der Waals surface area contributed by atoms with Crippen molar-refractivity contribution in [3.8, 4) is 0 Å². The van der Waals surface area contributed by atoms with Gasteiger partial charge < -0.3 is 15.5 Å². The van der Waals surface area contributed by atoms with Crippen LogP contribution < -0.4 is 10.6 Å². The summed E-state index contributed by atoms with van der Waals surface area (Å²) in [5.74, 6) is 0.993. The van der Waals surface area contributed by atoms with E-state index in [4.69, 9.17) is 5.73 Å². The molecule has 0 spiro atoms. The lowest BCUT2D eigenvalue weighted by Gasteiger charge is -2.37. The summed E-state index contributed by atoms with van der Waals surface area (Å²) in [4.78, 5) is 16.8. The third-order valence-corrected chi connectivity index (χ3v) is 5.06. The van der Waals surface area contributed by atoms with Crippen LogP contribution >= 0.6 is 0 Å². The van der Waals surface area contributed by atoms with E-state index in [0.717, 1.165) is 38.3 Å². The van der Waals surface area contributed by atoms with Gasteiger partial charge in [-0.25, -0.2) is 0 Å². The van der Waals surface area contributed by atoms with Crippen molar-refractivity contribution in [2.24, 2.45) is 5.92 Å². The number of hydrogen-bond acceptors (Lipinski definition) is 3. The Kier molecular flexibility index (Phi) is 4.86. The first-order chi connectivity index (χ1) is 10.7. The molecule has 1 aromatic rings.